The first-order valence-corrected chi connectivity index (χ1v) is 6.87. The van der Waals surface area contributed by atoms with Gasteiger partial charge < -0.3 is 9.84 Å². The van der Waals surface area contributed by atoms with E-state index in [1.807, 2.05) is 6.92 Å². The molecule has 1 saturated carbocycles. The highest BCUT2D eigenvalue weighted by molar-refractivity contribution is 5.92. The van der Waals surface area contributed by atoms with Crippen molar-refractivity contribution >= 4 is 5.97 Å². The molecule has 1 atom stereocenters. The highest BCUT2D eigenvalue weighted by Crippen LogP contribution is 2.46. The molecular formula is C16H22O3. The topological polar surface area (TPSA) is 46.5 Å². The van der Waals surface area contributed by atoms with Gasteiger partial charge in [0, 0.05) is 5.41 Å². The van der Waals surface area contributed by atoms with Gasteiger partial charge in [0.05, 0.1) is 0 Å². The van der Waals surface area contributed by atoms with E-state index in [0.717, 1.165) is 19.3 Å². The second-order valence-corrected chi connectivity index (χ2v) is 6.23. The number of ether oxygens (including phenoxy) is 1. The molecule has 1 aliphatic rings. The highest BCUT2D eigenvalue weighted by Gasteiger charge is 2.46. The first-order valence-electron chi connectivity index (χ1n) is 6.87. The van der Waals surface area contributed by atoms with Crippen LogP contribution in [0.5, 0.6) is 5.75 Å². The van der Waals surface area contributed by atoms with Crippen LogP contribution in [0.25, 0.3) is 0 Å². The Morgan fingerprint density at radius 3 is 2.42 bits per heavy atom. The zero-order valence-electron chi connectivity index (χ0n) is 11.9. The van der Waals surface area contributed by atoms with Gasteiger partial charge in [0.2, 0.25) is 0 Å². The molecule has 3 heteroatoms. The van der Waals surface area contributed by atoms with Gasteiger partial charge in [-0.05, 0) is 38.3 Å². The van der Waals surface area contributed by atoms with Crippen LogP contribution >= 0.6 is 0 Å². The van der Waals surface area contributed by atoms with Crippen LogP contribution in [0, 0.1) is 5.41 Å². The summed E-state index contributed by atoms with van der Waals surface area (Å²) >= 11 is 0. The number of aromatic hydroxyl groups is 1. The first kappa shape index (κ1) is 13.9. The zero-order valence-corrected chi connectivity index (χ0v) is 11.9. The van der Waals surface area contributed by atoms with E-state index in [-0.39, 0.29) is 16.7 Å². The minimum atomic E-state index is -0.468. The van der Waals surface area contributed by atoms with Crippen molar-refractivity contribution in [1.82, 2.24) is 0 Å². The number of carbonyl (C=O) groups excluding carboxylic acids is 1. The van der Waals surface area contributed by atoms with Crippen LogP contribution in [0.2, 0.25) is 0 Å². The second kappa shape index (κ2) is 4.87. The van der Waals surface area contributed by atoms with Crippen molar-refractivity contribution in [2.75, 3.05) is 0 Å². The van der Waals surface area contributed by atoms with Gasteiger partial charge >= 0.3 is 5.97 Å². The fraction of sp³-hybridized carbons (Fsp3) is 0.562. The SMILES string of the molecule is CC1(C)CCCCC1(C)OC(=O)c1ccccc1O. The van der Waals surface area contributed by atoms with Crippen LogP contribution in [-0.2, 0) is 4.74 Å². The summed E-state index contributed by atoms with van der Waals surface area (Å²) in [4.78, 5) is 12.2. The van der Waals surface area contributed by atoms with Gasteiger partial charge in [-0.3, -0.25) is 0 Å². The Labute approximate surface area is 114 Å². The van der Waals surface area contributed by atoms with Crippen molar-refractivity contribution in [2.24, 2.45) is 5.41 Å². The van der Waals surface area contributed by atoms with Crippen molar-refractivity contribution in [1.29, 1.82) is 0 Å². The van der Waals surface area contributed by atoms with Crippen molar-refractivity contribution in [2.45, 2.75) is 52.1 Å². The lowest BCUT2D eigenvalue weighted by Gasteiger charge is -2.47. The van der Waals surface area contributed by atoms with Crippen LogP contribution in [0.1, 0.15) is 56.8 Å². The van der Waals surface area contributed by atoms with Crippen molar-refractivity contribution in [3.05, 3.63) is 29.8 Å². The number of para-hydroxylation sites is 1. The molecule has 0 bridgehead atoms. The second-order valence-electron chi connectivity index (χ2n) is 6.23. The zero-order chi connectivity index (χ0) is 14.1. The van der Waals surface area contributed by atoms with E-state index in [4.69, 9.17) is 4.74 Å². The molecule has 0 aromatic heterocycles. The fourth-order valence-corrected chi connectivity index (χ4v) is 2.73. The monoisotopic (exact) mass is 262 g/mol. The summed E-state index contributed by atoms with van der Waals surface area (Å²) in [6, 6.07) is 6.52. The maximum Gasteiger partial charge on any atom is 0.342 e. The number of phenolic OH excluding ortho intramolecular Hbond substituents is 1. The van der Waals surface area contributed by atoms with E-state index in [1.165, 1.54) is 12.5 Å². The van der Waals surface area contributed by atoms with Crippen LogP contribution in [-0.4, -0.2) is 16.7 Å². The summed E-state index contributed by atoms with van der Waals surface area (Å²) in [6.07, 6.45) is 4.18. The number of rotatable bonds is 2. The van der Waals surface area contributed by atoms with Crippen LogP contribution < -0.4 is 0 Å². The summed E-state index contributed by atoms with van der Waals surface area (Å²) in [7, 11) is 0. The molecule has 0 radical (unpaired) electrons. The quantitative estimate of drug-likeness (QED) is 0.822. The summed E-state index contributed by atoms with van der Waals surface area (Å²) in [5.41, 5.74) is -0.263. The van der Waals surface area contributed by atoms with Crippen LogP contribution in [0.15, 0.2) is 24.3 Å². The van der Waals surface area contributed by atoms with Gasteiger partial charge in [-0.15, -0.1) is 0 Å². The van der Waals surface area contributed by atoms with Crippen molar-refractivity contribution in [3.63, 3.8) is 0 Å². The maximum atomic E-state index is 12.2. The summed E-state index contributed by atoms with van der Waals surface area (Å²) < 4.78 is 5.76. The van der Waals surface area contributed by atoms with Crippen molar-refractivity contribution < 1.29 is 14.6 Å². The summed E-state index contributed by atoms with van der Waals surface area (Å²) in [5, 5.41) is 9.72. The van der Waals surface area contributed by atoms with Crippen molar-refractivity contribution in [3.8, 4) is 5.75 Å². The molecule has 0 heterocycles. The Hall–Kier alpha value is -1.51. The molecule has 0 aliphatic heterocycles. The van der Waals surface area contributed by atoms with E-state index in [1.54, 1.807) is 18.2 Å². The number of carbonyl (C=O) groups is 1. The molecule has 1 fully saturated rings. The molecule has 2 rings (SSSR count). The average molecular weight is 262 g/mol. The predicted molar refractivity (Wildman–Crippen MR) is 74.2 cm³/mol. The Bertz CT molecular complexity index is 479. The average Bonchev–Trinajstić information content (AvgIpc) is 2.33. The molecule has 0 spiro atoms. The Morgan fingerprint density at radius 2 is 1.79 bits per heavy atom. The molecular weight excluding hydrogens is 240 g/mol. The number of esters is 1. The standard InChI is InChI=1S/C16H22O3/c1-15(2)10-6-7-11-16(15,3)19-14(18)12-8-4-5-9-13(12)17/h4-5,8-9,17H,6-7,10-11H2,1-3H3. The molecule has 0 saturated heterocycles. The minimum Gasteiger partial charge on any atom is -0.507 e. The third kappa shape index (κ3) is 2.60. The smallest absolute Gasteiger partial charge is 0.342 e. The van der Waals surface area contributed by atoms with E-state index in [0.29, 0.717) is 0 Å². The van der Waals surface area contributed by atoms with Gasteiger partial charge in [0.25, 0.3) is 0 Å². The van der Waals surface area contributed by atoms with Gasteiger partial charge in [-0.25, -0.2) is 4.79 Å². The van der Waals surface area contributed by atoms with Crippen LogP contribution in [0.3, 0.4) is 0 Å². The molecule has 1 N–H and O–H groups in total. The maximum absolute atomic E-state index is 12.2. The largest absolute Gasteiger partial charge is 0.507 e. The van der Waals surface area contributed by atoms with Gasteiger partial charge in [0.1, 0.15) is 16.9 Å². The van der Waals surface area contributed by atoms with Gasteiger partial charge in [0.15, 0.2) is 0 Å². The molecule has 0 amide bonds. The lowest BCUT2D eigenvalue weighted by Crippen LogP contribution is -2.48. The number of phenols is 1. The van der Waals surface area contributed by atoms with E-state index < -0.39 is 11.6 Å². The first-order chi connectivity index (χ1) is 8.86. The number of hydrogen-bond donors (Lipinski definition) is 1. The third-order valence-electron chi connectivity index (χ3n) is 4.58. The van der Waals surface area contributed by atoms with Crippen LogP contribution in [0.4, 0.5) is 0 Å². The van der Waals surface area contributed by atoms with E-state index in [2.05, 4.69) is 13.8 Å². The predicted octanol–water partition coefficient (Wildman–Crippen LogP) is 3.91. The normalized spacial score (nSPS) is 25.8. The van der Waals surface area contributed by atoms with E-state index in [9.17, 15) is 9.90 Å². The molecule has 1 aromatic rings. The Balaban J connectivity index is 2.21. The molecule has 1 aliphatic carbocycles. The van der Waals surface area contributed by atoms with Gasteiger partial charge in [-0.2, -0.15) is 0 Å². The lowest BCUT2D eigenvalue weighted by molar-refractivity contribution is -0.0970. The van der Waals surface area contributed by atoms with Gasteiger partial charge in [-0.1, -0.05) is 32.4 Å². The Morgan fingerprint density at radius 1 is 1.16 bits per heavy atom. The third-order valence-corrected chi connectivity index (χ3v) is 4.58. The molecule has 104 valence electrons. The number of hydrogen-bond acceptors (Lipinski definition) is 3. The fourth-order valence-electron chi connectivity index (χ4n) is 2.73. The number of benzene rings is 1. The van der Waals surface area contributed by atoms with E-state index >= 15 is 0 Å². The molecule has 19 heavy (non-hydrogen) atoms. The molecule has 3 nitrogen and oxygen atoms in total. The lowest BCUT2D eigenvalue weighted by atomic mass is 9.66. The highest BCUT2D eigenvalue weighted by atomic mass is 16.6. The molecule has 1 unspecified atom stereocenters. The minimum absolute atomic E-state index is 0.0234. The summed E-state index contributed by atoms with van der Waals surface area (Å²) in [6.45, 7) is 6.29. The summed E-state index contributed by atoms with van der Waals surface area (Å²) in [5.74, 6) is -0.458. The Kier molecular flexibility index (Phi) is 3.57. The molecule has 1 aromatic carbocycles.